The number of para-hydroxylation sites is 1. The predicted octanol–water partition coefficient (Wildman–Crippen LogP) is 5.53. The highest BCUT2D eigenvalue weighted by molar-refractivity contribution is 7.20. The van der Waals surface area contributed by atoms with E-state index in [0.29, 0.717) is 0 Å². The summed E-state index contributed by atoms with van der Waals surface area (Å²) >= 11 is 1.64. The fourth-order valence-electron chi connectivity index (χ4n) is 3.25. The Kier molecular flexibility index (Phi) is 6.08. The number of fused-ring (bicyclic) bond motifs is 1. The number of nitrogen functional groups attached to an aromatic ring is 1. The molecule has 25 heavy (non-hydrogen) atoms. The number of anilines is 1. The van der Waals surface area contributed by atoms with Crippen LogP contribution in [0.5, 0.6) is 0 Å². The highest BCUT2D eigenvalue weighted by atomic mass is 32.1. The third kappa shape index (κ3) is 4.03. The molecule has 2 aromatic heterocycles. The van der Waals surface area contributed by atoms with Gasteiger partial charge in [0.05, 0.1) is 15.9 Å². The third-order valence-corrected chi connectivity index (χ3v) is 5.70. The summed E-state index contributed by atoms with van der Waals surface area (Å²) in [6, 6.07) is 8.18. The zero-order valence-corrected chi connectivity index (χ0v) is 16.1. The monoisotopic (exact) mass is 356 g/mol. The van der Waals surface area contributed by atoms with Gasteiger partial charge in [-0.1, -0.05) is 69.4 Å². The zero-order chi connectivity index (χ0) is 17.6. The Morgan fingerprint density at radius 2 is 1.80 bits per heavy atom. The molecule has 4 nitrogen and oxygen atoms in total. The van der Waals surface area contributed by atoms with Crippen molar-refractivity contribution in [3.63, 3.8) is 0 Å². The van der Waals surface area contributed by atoms with E-state index in [-0.39, 0.29) is 0 Å². The molecule has 0 saturated heterocycles. The largest absolute Gasteiger partial charge is 0.383 e. The van der Waals surface area contributed by atoms with Crippen LogP contribution in [-0.4, -0.2) is 14.8 Å². The molecule has 2 heterocycles. The van der Waals surface area contributed by atoms with Gasteiger partial charge in [0.15, 0.2) is 0 Å². The summed E-state index contributed by atoms with van der Waals surface area (Å²) in [6.07, 6.45) is 9.69. The average molecular weight is 357 g/mol. The smallest absolute Gasteiger partial charge is 0.213 e. The number of aryl methyl sites for hydroxylation is 1. The Hall–Kier alpha value is -1.88. The van der Waals surface area contributed by atoms with Crippen LogP contribution in [0.2, 0.25) is 0 Å². The molecule has 0 fully saturated rings. The van der Waals surface area contributed by atoms with E-state index in [1.54, 1.807) is 11.3 Å². The van der Waals surface area contributed by atoms with Gasteiger partial charge in [0.2, 0.25) is 5.13 Å². The summed E-state index contributed by atoms with van der Waals surface area (Å²) in [6.45, 7) is 4.40. The summed E-state index contributed by atoms with van der Waals surface area (Å²) in [5.74, 6) is 0.768. The van der Waals surface area contributed by atoms with Gasteiger partial charge in [0, 0.05) is 5.56 Å². The van der Waals surface area contributed by atoms with Crippen LogP contribution in [0.3, 0.4) is 0 Å². The number of rotatable bonds is 9. The van der Waals surface area contributed by atoms with Crippen molar-refractivity contribution in [2.75, 3.05) is 5.73 Å². The van der Waals surface area contributed by atoms with Crippen molar-refractivity contribution in [3.05, 3.63) is 35.5 Å². The molecule has 0 aliphatic heterocycles. The molecule has 0 saturated carbocycles. The lowest BCUT2D eigenvalue weighted by Gasteiger charge is -2.03. The number of nitrogens with zero attached hydrogens (tertiary/aromatic N) is 3. The molecule has 2 N–H and O–H groups in total. The molecule has 0 atom stereocenters. The molecule has 0 bridgehead atoms. The maximum Gasteiger partial charge on any atom is 0.213 e. The number of aromatic nitrogens is 3. The highest BCUT2D eigenvalue weighted by Gasteiger charge is 2.17. The van der Waals surface area contributed by atoms with Crippen LogP contribution in [0.25, 0.3) is 15.3 Å². The predicted molar refractivity (Wildman–Crippen MR) is 108 cm³/mol. The number of unbranched alkanes of at least 4 members (excludes halogenated alkanes) is 5. The number of hydrogen-bond donors (Lipinski definition) is 1. The highest BCUT2D eigenvalue weighted by Crippen LogP contribution is 2.29. The molecular formula is C20H28N4S. The second-order valence-electron chi connectivity index (χ2n) is 6.56. The van der Waals surface area contributed by atoms with Crippen LogP contribution in [0.4, 0.5) is 5.82 Å². The minimum absolute atomic E-state index is 0.768. The van der Waals surface area contributed by atoms with Gasteiger partial charge in [-0.25, -0.2) is 4.98 Å². The minimum Gasteiger partial charge on any atom is -0.383 e. The van der Waals surface area contributed by atoms with Crippen LogP contribution in [0.1, 0.15) is 63.6 Å². The molecule has 1 aromatic carbocycles. The molecule has 0 aliphatic rings. The van der Waals surface area contributed by atoms with E-state index in [4.69, 9.17) is 15.8 Å². The summed E-state index contributed by atoms with van der Waals surface area (Å²) in [4.78, 5) is 4.70. The lowest BCUT2D eigenvalue weighted by atomic mass is 10.0. The third-order valence-electron chi connectivity index (χ3n) is 4.69. The van der Waals surface area contributed by atoms with E-state index < -0.39 is 0 Å². The van der Waals surface area contributed by atoms with Crippen LogP contribution < -0.4 is 5.73 Å². The van der Waals surface area contributed by atoms with Crippen molar-refractivity contribution >= 4 is 27.4 Å². The molecule has 134 valence electrons. The van der Waals surface area contributed by atoms with Gasteiger partial charge in [-0.05, 0) is 31.4 Å². The molecule has 0 amide bonds. The molecular weight excluding hydrogens is 328 g/mol. The summed E-state index contributed by atoms with van der Waals surface area (Å²) in [5.41, 5.74) is 9.81. The van der Waals surface area contributed by atoms with E-state index >= 15 is 0 Å². The standard InChI is InChI=1S/C20H28N4S/c1-3-5-6-7-8-9-12-15-16(4-2)23-24(19(15)21)20-22-17-13-10-11-14-18(17)25-20/h10-11,13-14H,3-9,12,21H2,1-2H3. The van der Waals surface area contributed by atoms with Gasteiger partial charge in [-0.15, -0.1) is 0 Å². The van der Waals surface area contributed by atoms with Crippen molar-refractivity contribution in [3.8, 4) is 5.13 Å². The second kappa shape index (κ2) is 8.48. The van der Waals surface area contributed by atoms with Crippen LogP contribution in [0, 0.1) is 0 Å². The fraction of sp³-hybridized carbons (Fsp3) is 0.500. The lowest BCUT2D eigenvalue weighted by Crippen LogP contribution is -2.02. The molecule has 3 aromatic rings. The number of hydrogen-bond acceptors (Lipinski definition) is 4. The molecule has 0 radical (unpaired) electrons. The van der Waals surface area contributed by atoms with Crippen molar-refractivity contribution < 1.29 is 0 Å². The maximum absolute atomic E-state index is 6.46. The Balaban J connectivity index is 1.76. The molecule has 0 unspecified atom stereocenters. The first-order chi connectivity index (χ1) is 12.2. The quantitative estimate of drug-likeness (QED) is 0.513. The molecule has 5 heteroatoms. The Bertz CT molecular complexity index is 785. The Labute approximate surface area is 154 Å². The van der Waals surface area contributed by atoms with Crippen molar-refractivity contribution in [2.24, 2.45) is 0 Å². The van der Waals surface area contributed by atoms with Gasteiger partial charge in [-0.3, -0.25) is 0 Å². The molecule has 0 spiro atoms. The first-order valence-corrected chi connectivity index (χ1v) is 10.3. The topological polar surface area (TPSA) is 56.7 Å². The van der Waals surface area contributed by atoms with E-state index in [1.807, 2.05) is 22.9 Å². The maximum atomic E-state index is 6.46. The SMILES string of the molecule is CCCCCCCCc1c(CC)nn(-c2nc3ccccc3s2)c1N. The number of benzene rings is 1. The van der Waals surface area contributed by atoms with E-state index in [9.17, 15) is 0 Å². The first-order valence-electron chi connectivity index (χ1n) is 9.46. The van der Waals surface area contributed by atoms with Gasteiger partial charge < -0.3 is 5.73 Å². The van der Waals surface area contributed by atoms with Crippen LogP contribution in [0.15, 0.2) is 24.3 Å². The zero-order valence-electron chi connectivity index (χ0n) is 15.3. The van der Waals surface area contributed by atoms with E-state index in [0.717, 1.165) is 35.0 Å². The summed E-state index contributed by atoms with van der Waals surface area (Å²) in [5, 5.41) is 5.63. The molecule has 0 aliphatic carbocycles. The van der Waals surface area contributed by atoms with Crippen molar-refractivity contribution in [2.45, 2.75) is 65.2 Å². The number of nitrogens with two attached hydrogens (primary N) is 1. The van der Waals surface area contributed by atoms with Crippen LogP contribution >= 0.6 is 11.3 Å². The van der Waals surface area contributed by atoms with Gasteiger partial charge in [0.25, 0.3) is 0 Å². The lowest BCUT2D eigenvalue weighted by molar-refractivity contribution is 0.607. The summed E-state index contributed by atoms with van der Waals surface area (Å²) < 4.78 is 3.01. The minimum atomic E-state index is 0.768. The molecule has 3 rings (SSSR count). The van der Waals surface area contributed by atoms with Crippen molar-refractivity contribution in [1.82, 2.24) is 14.8 Å². The normalized spacial score (nSPS) is 11.4. The number of thiazole rings is 1. The Morgan fingerprint density at radius 1 is 1.04 bits per heavy atom. The van der Waals surface area contributed by atoms with Gasteiger partial charge in [-0.2, -0.15) is 9.78 Å². The van der Waals surface area contributed by atoms with E-state index in [1.165, 1.54) is 48.8 Å². The van der Waals surface area contributed by atoms with Crippen molar-refractivity contribution in [1.29, 1.82) is 0 Å². The fourth-order valence-corrected chi connectivity index (χ4v) is 4.18. The van der Waals surface area contributed by atoms with Crippen LogP contribution in [-0.2, 0) is 12.8 Å². The van der Waals surface area contributed by atoms with E-state index in [2.05, 4.69) is 19.9 Å². The first kappa shape index (κ1) is 17.9. The summed E-state index contributed by atoms with van der Waals surface area (Å²) in [7, 11) is 0. The van der Waals surface area contributed by atoms with Gasteiger partial charge >= 0.3 is 0 Å². The average Bonchev–Trinajstić information content (AvgIpc) is 3.19. The Morgan fingerprint density at radius 3 is 2.56 bits per heavy atom. The van der Waals surface area contributed by atoms with Gasteiger partial charge in [0.1, 0.15) is 5.82 Å². The second-order valence-corrected chi connectivity index (χ2v) is 7.57.